The molecule has 0 aliphatic carbocycles. The van der Waals surface area contributed by atoms with Crippen molar-refractivity contribution in [3.05, 3.63) is 16.1 Å². The maximum atomic E-state index is 11.9. The third kappa shape index (κ3) is 7.44. The van der Waals surface area contributed by atoms with Crippen molar-refractivity contribution in [2.75, 3.05) is 39.8 Å². The van der Waals surface area contributed by atoms with Crippen LogP contribution in [0.5, 0.6) is 0 Å². The third-order valence-corrected chi connectivity index (χ3v) is 4.26. The van der Waals surface area contributed by atoms with Crippen LogP contribution in [0.25, 0.3) is 0 Å². The maximum Gasteiger partial charge on any atom is 0.223 e. The zero-order valence-electron chi connectivity index (χ0n) is 12.9. The van der Waals surface area contributed by atoms with E-state index >= 15 is 0 Å². The fraction of sp³-hybridized carbons (Fsp3) is 0.692. The summed E-state index contributed by atoms with van der Waals surface area (Å²) in [5.41, 5.74) is 0. The van der Waals surface area contributed by atoms with Crippen molar-refractivity contribution in [3.8, 4) is 0 Å². The van der Waals surface area contributed by atoms with Crippen LogP contribution in [-0.4, -0.2) is 60.5 Å². The first-order chi connectivity index (χ1) is 9.19. The number of hydrogen-bond donors (Lipinski definition) is 1. The molecule has 1 aromatic rings. The first kappa shape index (κ1) is 24.1. The number of nitrogens with one attached hydrogen (secondary N) is 1. The molecule has 1 amide bonds. The Balaban J connectivity index is 0. The van der Waals surface area contributed by atoms with E-state index in [2.05, 4.69) is 15.2 Å². The van der Waals surface area contributed by atoms with Gasteiger partial charge in [-0.1, -0.05) is 0 Å². The molecule has 1 aliphatic heterocycles. The third-order valence-electron chi connectivity index (χ3n) is 3.36. The molecular weight excluding hydrogens is 367 g/mol. The first-order valence-electron chi connectivity index (χ1n) is 6.75. The molecule has 0 atom stereocenters. The second-order valence-corrected chi connectivity index (χ2v) is 6.18. The van der Waals surface area contributed by atoms with Crippen molar-refractivity contribution in [1.29, 1.82) is 0 Å². The summed E-state index contributed by atoms with van der Waals surface area (Å²) in [5.74, 6) is 0.266. The van der Waals surface area contributed by atoms with Crippen LogP contribution >= 0.6 is 48.6 Å². The normalized spacial score (nSPS) is 14.5. The number of amides is 1. The Hall–Kier alpha value is -0.110. The summed E-state index contributed by atoms with van der Waals surface area (Å²) in [5, 5.41) is 4.14. The monoisotopic (exact) mass is 390 g/mol. The highest BCUT2D eigenvalue weighted by Crippen LogP contribution is 2.15. The standard InChI is InChI=1S/C13H22N4OS.3ClH/c1-11-15-9-12(19-11)10-16-5-7-17(8-6-16)13(18)3-4-14-2;;;/h9,14H,3-8,10H2,1-2H3;3*1H. The maximum absolute atomic E-state index is 11.9. The Kier molecular flexibility index (Phi) is 13.5. The summed E-state index contributed by atoms with van der Waals surface area (Å²) in [6.45, 7) is 7.38. The molecule has 1 aliphatic rings. The van der Waals surface area contributed by atoms with Crippen molar-refractivity contribution in [2.45, 2.75) is 19.9 Å². The molecule has 0 spiro atoms. The lowest BCUT2D eigenvalue weighted by Gasteiger charge is -2.34. The SMILES string of the molecule is CNCCC(=O)N1CCN(Cc2cnc(C)s2)CC1.Cl.Cl.Cl. The van der Waals surface area contributed by atoms with Gasteiger partial charge in [0.15, 0.2) is 0 Å². The van der Waals surface area contributed by atoms with Crippen molar-refractivity contribution in [2.24, 2.45) is 0 Å². The van der Waals surface area contributed by atoms with Gasteiger partial charge in [0.05, 0.1) is 5.01 Å². The summed E-state index contributed by atoms with van der Waals surface area (Å²) in [6, 6.07) is 0. The zero-order valence-corrected chi connectivity index (χ0v) is 16.2. The van der Waals surface area contributed by atoms with Crippen molar-refractivity contribution in [3.63, 3.8) is 0 Å². The van der Waals surface area contributed by atoms with E-state index in [9.17, 15) is 4.79 Å². The van der Waals surface area contributed by atoms with E-state index in [0.717, 1.165) is 44.3 Å². The van der Waals surface area contributed by atoms with Crippen LogP contribution < -0.4 is 5.32 Å². The second kappa shape index (κ2) is 12.3. The molecule has 2 rings (SSSR count). The number of aryl methyl sites for hydroxylation is 1. The summed E-state index contributed by atoms with van der Waals surface area (Å²) in [4.78, 5) is 21.9. The van der Waals surface area contributed by atoms with Gasteiger partial charge >= 0.3 is 0 Å². The Morgan fingerprint density at radius 2 is 1.91 bits per heavy atom. The summed E-state index contributed by atoms with van der Waals surface area (Å²) in [7, 11) is 1.88. The largest absolute Gasteiger partial charge is 0.340 e. The molecule has 0 aromatic carbocycles. The lowest BCUT2D eigenvalue weighted by molar-refractivity contribution is -0.132. The van der Waals surface area contributed by atoms with E-state index in [1.165, 1.54) is 4.88 Å². The van der Waals surface area contributed by atoms with Gasteiger partial charge in [0.1, 0.15) is 0 Å². The highest BCUT2D eigenvalue weighted by molar-refractivity contribution is 7.11. The molecule has 0 radical (unpaired) electrons. The predicted octanol–water partition coefficient (Wildman–Crippen LogP) is 1.97. The molecule has 5 nitrogen and oxygen atoms in total. The number of halogens is 3. The molecule has 1 saturated heterocycles. The van der Waals surface area contributed by atoms with Gasteiger partial charge in [-0.15, -0.1) is 48.6 Å². The van der Waals surface area contributed by atoms with Crippen LogP contribution in [0.2, 0.25) is 0 Å². The number of aromatic nitrogens is 1. The van der Waals surface area contributed by atoms with Crippen LogP contribution in [-0.2, 0) is 11.3 Å². The average Bonchev–Trinajstić information content (AvgIpc) is 2.82. The predicted molar refractivity (Wildman–Crippen MR) is 99.0 cm³/mol. The molecule has 2 heterocycles. The van der Waals surface area contributed by atoms with Crippen molar-refractivity contribution < 1.29 is 4.79 Å². The Morgan fingerprint density at radius 1 is 1.27 bits per heavy atom. The Morgan fingerprint density at radius 3 is 2.41 bits per heavy atom. The van der Waals surface area contributed by atoms with Crippen LogP contribution in [0.1, 0.15) is 16.3 Å². The highest BCUT2D eigenvalue weighted by atomic mass is 35.5. The molecule has 130 valence electrons. The molecule has 1 aromatic heterocycles. The fourth-order valence-electron chi connectivity index (χ4n) is 2.24. The lowest BCUT2D eigenvalue weighted by atomic mass is 10.2. The molecular formula is C13H25Cl3N4OS. The fourth-order valence-corrected chi connectivity index (χ4v) is 3.08. The summed E-state index contributed by atoms with van der Waals surface area (Å²) in [6.07, 6.45) is 2.56. The van der Waals surface area contributed by atoms with Crippen molar-refractivity contribution >= 4 is 54.5 Å². The van der Waals surface area contributed by atoms with Crippen LogP contribution in [0.15, 0.2) is 6.20 Å². The van der Waals surface area contributed by atoms with E-state index in [4.69, 9.17) is 0 Å². The quantitative estimate of drug-likeness (QED) is 0.833. The molecule has 0 unspecified atom stereocenters. The number of carbonyl (C=O) groups excluding carboxylic acids is 1. The van der Waals surface area contributed by atoms with Gasteiger partial charge in [0, 0.05) is 56.8 Å². The molecule has 0 bridgehead atoms. The topological polar surface area (TPSA) is 48.5 Å². The van der Waals surface area contributed by atoms with Gasteiger partial charge in [0.25, 0.3) is 0 Å². The molecule has 1 N–H and O–H groups in total. The van der Waals surface area contributed by atoms with E-state index in [-0.39, 0.29) is 43.1 Å². The smallest absolute Gasteiger partial charge is 0.223 e. The van der Waals surface area contributed by atoms with Gasteiger partial charge in [-0.2, -0.15) is 0 Å². The minimum absolute atomic E-state index is 0. The Labute approximate surface area is 155 Å². The summed E-state index contributed by atoms with van der Waals surface area (Å²) >= 11 is 1.76. The van der Waals surface area contributed by atoms with E-state index in [1.807, 2.05) is 25.1 Å². The average molecular weight is 392 g/mol. The number of hydrogen-bond acceptors (Lipinski definition) is 5. The molecule has 1 fully saturated rings. The lowest BCUT2D eigenvalue weighted by Crippen LogP contribution is -2.48. The van der Waals surface area contributed by atoms with Gasteiger partial charge in [-0.3, -0.25) is 9.69 Å². The van der Waals surface area contributed by atoms with E-state index in [0.29, 0.717) is 6.42 Å². The molecule has 0 saturated carbocycles. The van der Waals surface area contributed by atoms with Crippen LogP contribution in [0.3, 0.4) is 0 Å². The first-order valence-corrected chi connectivity index (χ1v) is 7.56. The van der Waals surface area contributed by atoms with Gasteiger partial charge in [-0.05, 0) is 14.0 Å². The van der Waals surface area contributed by atoms with Crippen LogP contribution in [0, 0.1) is 6.92 Å². The Bertz CT molecular complexity index is 425. The number of rotatable bonds is 5. The number of nitrogens with zero attached hydrogens (tertiary/aromatic N) is 3. The highest BCUT2D eigenvalue weighted by Gasteiger charge is 2.20. The number of piperazine rings is 1. The van der Waals surface area contributed by atoms with Crippen molar-refractivity contribution in [1.82, 2.24) is 20.1 Å². The minimum atomic E-state index is 0. The molecule has 9 heteroatoms. The van der Waals surface area contributed by atoms with Gasteiger partial charge in [0.2, 0.25) is 5.91 Å². The minimum Gasteiger partial charge on any atom is -0.340 e. The van der Waals surface area contributed by atoms with E-state index in [1.54, 1.807) is 11.3 Å². The zero-order chi connectivity index (χ0) is 13.7. The molecule has 22 heavy (non-hydrogen) atoms. The number of carbonyl (C=O) groups is 1. The van der Waals surface area contributed by atoms with Crippen LogP contribution in [0.4, 0.5) is 0 Å². The van der Waals surface area contributed by atoms with Gasteiger partial charge < -0.3 is 10.2 Å². The number of thiazole rings is 1. The van der Waals surface area contributed by atoms with E-state index < -0.39 is 0 Å². The second-order valence-electron chi connectivity index (χ2n) is 4.86. The van der Waals surface area contributed by atoms with Gasteiger partial charge in [-0.25, -0.2) is 4.98 Å². The summed E-state index contributed by atoms with van der Waals surface area (Å²) < 4.78 is 0.